The average molecular weight is 347 g/mol. The Balaban J connectivity index is 2.01. The van der Waals surface area contributed by atoms with Crippen LogP contribution in [0, 0.1) is 0 Å². The van der Waals surface area contributed by atoms with Crippen LogP contribution in [0.3, 0.4) is 0 Å². The summed E-state index contributed by atoms with van der Waals surface area (Å²) >= 11 is 3.65. The number of hydrogen-bond acceptors (Lipinski definition) is 1. The molecule has 0 aliphatic heterocycles. The fourth-order valence-corrected chi connectivity index (χ4v) is 2.93. The highest BCUT2D eigenvalue weighted by Crippen LogP contribution is 2.32. The molecule has 0 aliphatic carbocycles. The maximum Gasteiger partial charge on any atom is 0.137 e. The first-order chi connectivity index (χ1) is 10.3. The zero-order chi connectivity index (χ0) is 15.1. The van der Waals surface area contributed by atoms with Crippen molar-refractivity contribution in [2.45, 2.75) is 0 Å². The summed E-state index contributed by atoms with van der Waals surface area (Å²) in [6, 6.07) is 12.4. The summed E-state index contributed by atoms with van der Waals surface area (Å²) in [5.41, 5.74) is 0. The Morgan fingerprint density at radius 3 is 2.48 bits per heavy atom. The minimum absolute atomic E-state index is 0.675. The van der Waals surface area contributed by atoms with Gasteiger partial charge in [-0.25, -0.2) is 0 Å². The summed E-state index contributed by atoms with van der Waals surface area (Å²) in [6.45, 7) is 11.0. The standard InChI is InChI=1S/C18H20BrNO/c1-3-11-20(12-4-2)13-14-21-17-10-9-15-7-5-6-8-16(15)18(17)19/h3-10H,1-2,11-14H2/p+1. The molecule has 2 rings (SSSR count). The molecule has 1 N–H and O–H groups in total. The van der Waals surface area contributed by atoms with Crippen molar-refractivity contribution in [1.29, 1.82) is 0 Å². The molecule has 0 radical (unpaired) electrons. The molecule has 3 heteroatoms. The molecule has 0 amide bonds. The van der Waals surface area contributed by atoms with Gasteiger partial charge in [0.25, 0.3) is 0 Å². The molecular formula is C18H21BrNO+. The molecule has 0 heterocycles. The highest BCUT2D eigenvalue weighted by molar-refractivity contribution is 9.10. The van der Waals surface area contributed by atoms with Crippen molar-refractivity contribution in [1.82, 2.24) is 0 Å². The number of nitrogens with one attached hydrogen (secondary N) is 1. The van der Waals surface area contributed by atoms with E-state index in [0.29, 0.717) is 6.61 Å². The van der Waals surface area contributed by atoms with Crippen LogP contribution in [0.4, 0.5) is 0 Å². The number of rotatable bonds is 8. The number of ether oxygens (including phenoxy) is 1. The van der Waals surface area contributed by atoms with Gasteiger partial charge in [0.15, 0.2) is 0 Å². The predicted molar refractivity (Wildman–Crippen MR) is 93.1 cm³/mol. The molecule has 2 nitrogen and oxygen atoms in total. The summed E-state index contributed by atoms with van der Waals surface area (Å²) in [6.07, 6.45) is 3.87. The van der Waals surface area contributed by atoms with Gasteiger partial charge in [0, 0.05) is 0 Å². The van der Waals surface area contributed by atoms with Crippen LogP contribution in [0.1, 0.15) is 0 Å². The van der Waals surface area contributed by atoms with Gasteiger partial charge in [-0.05, 0) is 44.9 Å². The first kappa shape index (κ1) is 15.8. The van der Waals surface area contributed by atoms with E-state index in [2.05, 4.69) is 47.3 Å². The van der Waals surface area contributed by atoms with Gasteiger partial charge in [0.1, 0.15) is 18.9 Å². The van der Waals surface area contributed by atoms with Gasteiger partial charge >= 0.3 is 0 Å². The maximum absolute atomic E-state index is 5.93. The Morgan fingerprint density at radius 1 is 1.05 bits per heavy atom. The van der Waals surface area contributed by atoms with Crippen LogP contribution in [0.5, 0.6) is 5.75 Å². The minimum Gasteiger partial charge on any atom is -0.487 e. The molecule has 0 saturated heterocycles. The van der Waals surface area contributed by atoms with Gasteiger partial charge in [-0.3, -0.25) is 0 Å². The predicted octanol–water partition coefficient (Wildman–Crippen LogP) is 3.24. The third-order valence-corrected chi connectivity index (χ3v) is 4.23. The lowest BCUT2D eigenvalue weighted by atomic mass is 10.1. The number of fused-ring (bicyclic) bond motifs is 1. The summed E-state index contributed by atoms with van der Waals surface area (Å²) < 4.78 is 6.95. The average Bonchev–Trinajstić information content (AvgIpc) is 2.50. The van der Waals surface area contributed by atoms with E-state index in [4.69, 9.17) is 4.74 Å². The highest BCUT2D eigenvalue weighted by atomic mass is 79.9. The Bertz CT molecular complexity index is 614. The van der Waals surface area contributed by atoms with Gasteiger partial charge < -0.3 is 9.64 Å². The SMILES string of the molecule is C=CC[NH+](CC=C)CCOc1ccc2ccccc2c1Br. The molecule has 0 unspecified atom stereocenters. The molecule has 0 aromatic heterocycles. The second-order valence-electron chi connectivity index (χ2n) is 4.93. The molecule has 21 heavy (non-hydrogen) atoms. The second kappa shape index (κ2) is 8.01. The van der Waals surface area contributed by atoms with Gasteiger partial charge in [0.2, 0.25) is 0 Å². The van der Waals surface area contributed by atoms with Crippen LogP contribution in [0.25, 0.3) is 10.8 Å². The van der Waals surface area contributed by atoms with E-state index < -0.39 is 0 Å². The van der Waals surface area contributed by atoms with Crippen molar-refractivity contribution in [2.75, 3.05) is 26.2 Å². The lowest BCUT2D eigenvalue weighted by Gasteiger charge is -2.17. The zero-order valence-electron chi connectivity index (χ0n) is 12.1. The lowest BCUT2D eigenvalue weighted by molar-refractivity contribution is -0.888. The fourth-order valence-electron chi connectivity index (χ4n) is 2.33. The Kier molecular flexibility index (Phi) is 6.03. The first-order valence-corrected chi connectivity index (χ1v) is 7.91. The molecule has 0 spiro atoms. The van der Waals surface area contributed by atoms with Crippen LogP contribution in [-0.4, -0.2) is 26.2 Å². The lowest BCUT2D eigenvalue weighted by Crippen LogP contribution is -3.12. The number of quaternary nitrogens is 1. The largest absolute Gasteiger partial charge is 0.487 e. The van der Waals surface area contributed by atoms with Crippen molar-refractivity contribution >= 4 is 26.7 Å². The highest BCUT2D eigenvalue weighted by Gasteiger charge is 2.08. The van der Waals surface area contributed by atoms with E-state index in [-0.39, 0.29) is 0 Å². The topological polar surface area (TPSA) is 13.7 Å². The third-order valence-electron chi connectivity index (χ3n) is 3.41. The third kappa shape index (κ3) is 4.19. The number of hydrogen-bond donors (Lipinski definition) is 1. The van der Waals surface area contributed by atoms with Crippen molar-refractivity contribution in [3.8, 4) is 5.75 Å². The molecule has 0 saturated carbocycles. The maximum atomic E-state index is 5.93. The molecule has 2 aromatic carbocycles. The van der Waals surface area contributed by atoms with E-state index in [1.165, 1.54) is 15.7 Å². The molecule has 0 bridgehead atoms. The molecule has 0 aliphatic rings. The summed E-state index contributed by atoms with van der Waals surface area (Å²) in [5, 5.41) is 2.39. The van der Waals surface area contributed by atoms with Crippen LogP contribution in [-0.2, 0) is 0 Å². The van der Waals surface area contributed by atoms with Crippen molar-refractivity contribution in [2.24, 2.45) is 0 Å². The van der Waals surface area contributed by atoms with E-state index in [1.54, 1.807) is 0 Å². The van der Waals surface area contributed by atoms with Crippen LogP contribution in [0.2, 0.25) is 0 Å². The molecule has 0 fully saturated rings. The van der Waals surface area contributed by atoms with Gasteiger partial charge in [-0.2, -0.15) is 0 Å². The fraction of sp³-hybridized carbons (Fsp3) is 0.222. The van der Waals surface area contributed by atoms with Gasteiger partial charge in [0.05, 0.1) is 17.6 Å². The molecule has 110 valence electrons. The van der Waals surface area contributed by atoms with Crippen molar-refractivity contribution in [3.05, 3.63) is 66.2 Å². The molecule has 2 aromatic rings. The zero-order valence-corrected chi connectivity index (χ0v) is 13.7. The molecule has 0 atom stereocenters. The Labute approximate surface area is 134 Å². The first-order valence-electron chi connectivity index (χ1n) is 7.11. The van der Waals surface area contributed by atoms with Crippen molar-refractivity contribution < 1.29 is 9.64 Å². The van der Waals surface area contributed by atoms with E-state index >= 15 is 0 Å². The van der Waals surface area contributed by atoms with Crippen LogP contribution in [0.15, 0.2) is 66.2 Å². The smallest absolute Gasteiger partial charge is 0.137 e. The quantitative estimate of drug-likeness (QED) is 0.724. The summed E-state index contributed by atoms with van der Waals surface area (Å²) in [7, 11) is 0. The van der Waals surface area contributed by atoms with Gasteiger partial charge in [-0.15, -0.1) is 0 Å². The number of halogens is 1. The minimum atomic E-state index is 0.675. The molecular weight excluding hydrogens is 326 g/mol. The second-order valence-corrected chi connectivity index (χ2v) is 5.73. The summed E-state index contributed by atoms with van der Waals surface area (Å²) in [5.74, 6) is 0.894. The number of benzene rings is 2. The van der Waals surface area contributed by atoms with Crippen LogP contribution < -0.4 is 9.64 Å². The van der Waals surface area contributed by atoms with Crippen LogP contribution >= 0.6 is 15.9 Å². The monoisotopic (exact) mass is 346 g/mol. The van der Waals surface area contributed by atoms with E-state index in [9.17, 15) is 0 Å². The summed E-state index contributed by atoms with van der Waals surface area (Å²) in [4.78, 5) is 1.40. The van der Waals surface area contributed by atoms with E-state index in [1.807, 2.05) is 30.4 Å². The van der Waals surface area contributed by atoms with Crippen molar-refractivity contribution in [3.63, 3.8) is 0 Å². The normalized spacial score (nSPS) is 10.8. The Hall–Kier alpha value is -1.58. The van der Waals surface area contributed by atoms with E-state index in [0.717, 1.165) is 29.9 Å². The Morgan fingerprint density at radius 2 is 1.76 bits per heavy atom. The van der Waals surface area contributed by atoms with Gasteiger partial charge in [-0.1, -0.05) is 43.5 Å².